The van der Waals surface area contributed by atoms with Gasteiger partial charge in [-0.25, -0.2) is 0 Å². The summed E-state index contributed by atoms with van der Waals surface area (Å²) in [5.74, 6) is 0.331. The maximum absolute atomic E-state index is 11.0. The third-order valence-electron chi connectivity index (χ3n) is 1.53. The van der Waals surface area contributed by atoms with Crippen LogP contribution in [0.1, 0.15) is 12.0 Å². The van der Waals surface area contributed by atoms with Crippen LogP contribution in [0.2, 0.25) is 0 Å². The Kier molecular flexibility index (Phi) is 4.26. The number of alkyl halides is 1. The number of rotatable bonds is 4. The Balaban J connectivity index is 2.31. The minimum Gasteiger partial charge on any atom is -0.352 e. The summed E-state index contributed by atoms with van der Waals surface area (Å²) < 4.78 is 0. The summed E-state index contributed by atoms with van der Waals surface area (Å²) >= 11 is 5.40. The van der Waals surface area contributed by atoms with Gasteiger partial charge in [0.15, 0.2) is 0 Å². The molecular weight excluding hydrogens is 188 g/mol. The molecule has 0 radical (unpaired) electrons. The molecule has 0 aliphatic carbocycles. The molecule has 0 saturated carbocycles. The van der Waals surface area contributed by atoms with Gasteiger partial charge in [0.2, 0.25) is 5.91 Å². The summed E-state index contributed by atoms with van der Waals surface area (Å²) in [7, 11) is 0. The molecule has 0 atom stereocenters. The van der Waals surface area contributed by atoms with Crippen LogP contribution in [0, 0.1) is 0 Å². The van der Waals surface area contributed by atoms with E-state index in [0.717, 1.165) is 5.56 Å². The zero-order chi connectivity index (χ0) is 9.52. The number of carbonyl (C=O) groups excluding carboxylic acids is 1. The van der Waals surface area contributed by atoms with Gasteiger partial charge in [0.1, 0.15) is 0 Å². The predicted molar refractivity (Wildman–Crippen MR) is 51.4 cm³/mol. The molecule has 3 nitrogen and oxygen atoms in total. The average molecular weight is 199 g/mol. The first-order chi connectivity index (χ1) is 6.33. The van der Waals surface area contributed by atoms with Gasteiger partial charge in [-0.1, -0.05) is 6.07 Å². The first-order valence-corrected chi connectivity index (χ1v) is 4.58. The summed E-state index contributed by atoms with van der Waals surface area (Å²) in [6.07, 6.45) is 3.78. The van der Waals surface area contributed by atoms with E-state index in [1.54, 1.807) is 12.4 Å². The van der Waals surface area contributed by atoms with Gasteiger partial charge in [0, 0.05) is 31.2 Å². The number of nitrogens with one attached hydrogen (secondary N) is 1. The maximum atomic E-state index is 11.0. The molecule has 1 aromatic heterocycles. The van der Waals surface area contributed by atoms with Gasteiger partial charge in [-0.2, -0.15) is 0 Å². The highest BCUT2D eigenvalue weighted by Crippen LogP contribution is 1.94. The van der Waals surface area contributed by atoms with Crippen LogP contribution in [-0.4, -0.2) is 16.8 Å². The summed E-state index contributed by atoms with van der Waals surface area (Å²) in [6.45, 7) is 0.517. The Labute approximate surface area is 82.1 Å². The molecule has 0 spiro atoms. The Morgan fingerprint density at radius 2 is 2.46 bits per heavy atom. The van der Waals surface area contributed by atoms with Crippen molar-refractivity contribution in [2.75, 3.05) is 5.88 Å². The van der Waals surface area contributed by atoms with E-state index in [9.17, 15) is 4.79 Å². The van der Waals surface area contributed by atoms with E-state index in [4.69, 9.17) is 11.6 Å². The summed E-state index contributed by atoms with van der Waals surface area (Å²) in [4.78, 5) is 14.9. The molecule has 1 aromatic rings. The number of aromatic nitrogens is 1. The quantitative estimate of drug-likeness (QED) is 0.742. The van der Waals surface area contributed by atoms with E-state index in [2.05, 4.69) is 10.3 Å². The largest absolute Gasteiger partial charge is 0.352 e. The molecule has 0 unspecified atom stereocenters. The molecule has 0 aliphatic rings. The monoisotopic (exact) mass is 198 g/mol. The Morgan fingerprint density at radius 3 is 3.08 bits per heavy atom. The second-order valence-corrected chi connectivity index (χ2v) is 2.95. The third kappa shape index (κ3) is 3.90. The molecule has 0 fully saturated rings. The molecule has 0 aromatic carbocycles. The highest BCUT2D eigenvalue weighted by atomic mass is 35.5. The molecule has 70 valence electrons. The number of hydrogen-bond donors (Lipinski definition) is 1. The average Bonchev–Trinajstić information content (AvgIpc) is 2.17. The van der Waals surface area contributed by atoms with Gasteiger partial charge < -0.3 is 5.32 Å². The standard InChI is InChI=1S/C9H11ClN2O/c10-4-3-9(13)12-7-8-2-1-5-11-6-8/h1-2,5-6H,3-4,7H2,(H,12,13). The fourth-order valence-corrected chi connectivity index (χ4v) is 1.05. The minimum atomic E-state index is -0.0288. The fourth-order valence-electron chi connectivity index (χ4n) is 0.878. The zero-order valence-corrected chi connectivity index (χ0v) is 7.92. The van der Waals surface area contributed by atoms with Crippen LogP contribution in [0.4, 0.5) is 0 Å². The van der Waals surface area contributed by atoms with E-state index >= 15 is 0 Å². The first-order valence-electron chi connectivity index (χ1n) is 4.04. The van der Waals surface area contributed by atoms with Crippen molar-refractivity contribution < 1.29 is 4.79 Å². The van der Waals surface area contributed by atoms with Crippen molar-refractivity contribution in [2.24, 2.45) is 0 Å². The van der Waals surface area contributed by atoms with Crippen LogP contribution < -0.4 is 5.32 Å². The summed E-state index contributed by atoms with van der Waals surface area (Å²) in [5.41, 5.74) is 0.991. The van der Waals surface area contributed by atoms with E-state index in [0.29, 0.717) is 18.8 Å². The number of hydrogen-bond acceptors (Lipinski definition) is 2. The van der Waals surface area contributed by atoms with Gasteiger partial charge >= 0.3 is 0 Å². The lowest BCUT2D eigenvalue weighted by molar-refractivity contribution is -0.120. The molecule has 13 heavy (non-hydrogen) atoms. The molecule has 0 aliphatic heterocycles. The number of nitrogens with zero attached hydrogens (tertiary/aromatic N) is 1. The number of halogens is 1. The van der Waals surface area contributed by atoms with Crippen LogP contribution in [-0.2, 0) is 11.3 Å². The summed E-state index contributed by atoms with van der Waals surface area (Å²) in [6, 6.07) is 3.75. The molecule has 4 heteroatoms. The SMILES string of the molecule is O=C(CCCl)NCc1cccnc1. The van der Waals surface area contributed by atoms with Gasteiger partial charge in [-0.15, -0.1) is 11.6 Å². The number of pyridine rings is 1. The topological polar surface area (TPSA) is 42.0 Å². The molecule has 1 heterocycles. The zero-order valence-electron chi connectivity index (χ0n) is 7.16. The van der Waals surface area contributed by atoms with Gasteiger partial charge in [-0.3, -0.25) is 9.78 Å². The smallest absolute Gasteiger partial charge is 0.221 e. The fraction of sp³-hybridized carbons (Fsp3) is 0.333. The van der Waals surface area contributed by atoms with E-state index in [1.165, 1.54) is 0 Å². The molecule has 1 N–H and O–H groups in total. The van der Waals surface area contributed by atoms with Crippen molar-refractivity contribution in [3.8, 4) is 0 Å². The number of carbonyl (C=O) groups is 1. The Morgan fingerprint density at radius 1 is 1.62 bits per heavy atom. The molecule has 0 bridgehead atoms. The lowest BCUT2D eigenvalue weighted by Crippen LogP contribution is -2.22. The van der Waals surface area contributed by atoms with Crippen molar-refractivity contribution in [3.05, 3.63) is 30.1 Å². The van der Waals surface area contributed by atoms with Gasteiger partial charge in [0.25, 0.3) is 0 Å². The molecule has 0 saturated heterocycles. The van der Waals surface area contributed by atoms with Crippen LogP contribution in [0.25, 0.3) is 0 Å². The lowest BCUT2D eigenvalue weighted by Gasteiger charge is -2.02. The third-order valence-corrected chi connectivity index (χ3v) is 1.72. The second-order valence-electron chi connectivity index (χ2n) is 2.58. The van der Waals surface area contributed by atoms with Gasteiger partial charge in [-0.05, 0) is 11.6 Å². The molecule has 1 amide bonds. The molecule has 1 rings (SSSR count). The van der Waals surface area contributed by atoms with Crippen molar-refractivity contribution in [2.45, 2.75) is 13.0 Å². The van der Waals surface area contributed by atoms with Crippen LogP contribution >= 0.6 is 11.6 Å². The lowest BCUT2D eigenvalue weighted by atomic mass is 10.3. The van der Waals surface area contributed by atoms with Crippen molar-refractivity contribution in [1.82, 2.24) is 10.3 Å². The Hall–Kier alpha value is -1.09. The van der Waals surface area contributed by atoms with Crippen molar-refractivity contribution in [3.63, 3.8) is 0 Å². The second kappa shape index (κ2) is 5.54. The number of amides is 1. The van der Waals surface area contributed by atoms with Crippen molar-refractivity contribution in [1.29, 1.82) is 0 Å². The van der Waals surface area contributed by atoms with Crippen LogP contribution in [0.3, 0.4) is 0 Å². The highest BCUT2D eigenvalue weighted by molar-refractivity contribution is 6.18. The van der Waals surface area contributed by atoms with E-state index < -0.39 is 0 Å². The minimum absolute atomic E-state index is 0.0288. The predicted octanol–water partition coefficient (Wildman–Crippen LogP) is 1.33. The molecular formula is C9H11ClN2O. The van der Waals surface area contributed by atoms with Gasteiger partial charge in [0.05, 0.1) is 0 Å². The first kappa shape index (κ1) is 9.99. The normalized spacial score (nSPS) is 9.62. The Bertz CT molecular complexity index is 264. The van der Waals surface area contributed by atoms with Crippen LogP contribution in [0.5, 0.6) is 0 Å². The van der Waals surface area contributed by atoms with Crippen molar-refractivity contribution >= 4 is 17.5 Å². The maximum Gasteiger partial charge on any atom is 0.221 e. The summed E-state index contributed by atoms with van der Waals surface area (Å²) in [5, 5.41) is 2.74. The highest BCUT2D eigenvalue weighted by Gasteiger charge is 1.98. The van der Waals surface area contributed by atoms with Crippen LogP contribution in [0.15, 0.2) is 24.5 Å². The van der Waals surface area contributed by atoms with E-state index in [-0.39, 0.29) is 5.91 Å². The van der Waals surface area contributed by atoms with E-state index in [1.807, 2.05) is 12.1 Å².